The number of halogens is 1. The number of pyridine rings is 1. The van der Waals surface area contributed by atoms with Crippen LogP contribution < -0.4 is 0 Å². The van der Waals surface area contributed by atoms with Gasteiger partial charge in [0, 0.05) is 25.4 Å². The lowest BCUT2D eigenvalue weighted by molar-refractivity contribution is 0.0684. The summed E-state index contributed by atoms with van der Waals surface area (Å²) < 4.78 is 16.2. The zero-order chi connectivity index (χ0) is 18.7. The Kier molecular flexibility index (Phi) is 5.32. The number of aromatic nitrogens is 2. The van der Waals surface area contributed by atoms with Crippen molar-refractivity contribution in [1.82, 2.24) is 14.3 Å². The van der Waals surface area contributed by atoms with Crippen molar-refractivity contribution in [1.29, 1.82) is 0 Å². The Morgan fingerprint density at radius 3 is 2.62 bits per heavy atom. The van der Waals surface area contributed by atoms with E-state index in [2.05, 4.69) is 4.98 Å². The summed E-state index contributed by atoms with van der Waals surface area (Å²) in [6.07, 6.45) is 0. The van der Waals surface area contributed by atoms with Crippen LogP contribution in [-0.4, -0.2) is 38.4 Å². The molecule has 0 unspecified atom stereocenters. The molecule has 2 aromatic heterocycles. The lowest BCUT2D eigenvalue weighted by Crippen LogP contribution is -2.36. The maximum Gasteiger partial charge on any atom is 0.277 e. The fourth-order valence-corrected chi connectivity index (χ4v) is 2.96. The van der Waals surface area contributed by atoms with Crippen LogP contribution in [0.2, 0.25) is 0 Å². The van der Waals surface area contributed by atoms with Crippen LogP contribution in [0.1, 0.15) is 28.7 Å². The van der Waals surface area contributed by atoms with Crippen LogP contribution in [0.5, 0.6) is 0 Å². The quantitative estimate of drug-likeness (QED) is 0.739. The van der Waals surface area contributed by atoms with E-state index >= 15 is 0 Å². The summed E-state index contributed by atoms with van der Waals surface area (Å²) in [6.45, 7) is 4.20. The Bertz CT molecular complexity index is 908. The van der Waals surface area contributed by atoms with E-state index in [1.54, 1.807) is 25.1 Å². The number of fused-ring (bicyclic) bond motifs is 1. The zero-order valence-electron chi connectivity index (χ0n) is 14.9. The molecule has 1 aromatic carbocycles. The predicted octanol–water partition coefficient (Wildman–Crippen LogP) is 3.05. The predicted molar refractivity (Wildman–Crippen MR) is 97.3 cm³/mol. The first-order chi connectivity index (χ1) is 12.5. The van der Waals surface area contributed by atoms with E-state index in [9.17, 15) is 14.3 Å². The number of aryl methyl sites for hydroxylation is 1. The minimum Gasteiger partial charge on any atom is -0.396 e. The van der Waals surface area contributed by atoms with Gasteiger partial charge >= 0.3 is 0 Å². The number of hydrogen-bond acceptors (Lipinski definition) is 3. The molecule has 136 valence electrons. The SMILES string of the molecule is Cc1cccc2nc(C(=O)N(Cc3ccccc3)C[C@H](C)CO)c(F)n12. The van der Waals surface area contributed by atoms with Crippen LogP contribution in [0.25, 0.3) is 5.65 Å². The number of benzene rings is 1. The second kappa shape index (κ2) is 7.66. The van der Waals surface area contributed by atoms with E-state index in [-0.39, 0.29) is 18.2 Å². The topological polar surface area (TPSA) is 57.8 Å². The molecule has 0 saturated carbocycles. The Morgan fingerprint density at radius 1 is 1.23 bits per heavy atom. The molecule has 0 spiro atoms. The minimum absolute atomic E-state index is 0.0503. The zero-order valence-corrected chi connectivity index (χ0v) is 14.9. The largest absolute Gasteiger partial charge is 0.396 e. The number of carbonyl (C=O) groups is 1. The number of imidazole rings is 1. The average Bonchev–Trinajstić information content (AvgIpc) is 2.99. The minimum atomic E-state index is -0.655. The third kappa shape index (κ3) is 3.60. The van der Waals surface area contributed by atoms with Gasteiger partial charge in [0.05, 0.1) is 0 Å². The van der Waals surface area contributed by atoms with E-state index in [4.69, 9.17) is 0 Å². The van der Waals surface area contributed by atoms with Gasteiger partial charge in [0.1, 0.15) is 5.65 Å². The summed E-state index contributed by atoms with van der Waals surface area (Å²) in [7, 11) is 0. The fourth-order valence-electron chi connectivity index (χ4n) is 2.96. The summed E-state index contributed by atoms with van der Waals surface area (Å²) in [4.78, 5) is 18.8. The monoisotopic (exact) mass is 355 g/mol. The number of nitrogens with zero attached hydrogens (tertiary/aromatic N) is 3. The second-order valence-electron chi connectivity index (χ2n) is 6.57. The normalized spacial score (nSPS) is 12.3. The maximum atomic E-state index is 14.9. The Morgan fingerprint density at radius 2 is 1.96 bits per heavy atom. The summed E-state index contributed by atoms with van der Waals surface area (Å²) >= 11 is 0. The van der Waals surface area contributed by atoms with Gasteiger partial charge in [0.15, 0.2) is 5.69 Å². The lowest BCUT2D eigenvalue weighted by Gasteiger charge is -2.24. The van der Waals surface area contributed by atoms with Crippen molar-refractivity contribution in [3.8, 4) is 0 Å². The molecule has 6 heteroatoms. The van der Waals surface area contributed by atoms with E-state index in [1.165, 1.54) is 9.30 Å². The first-order valence-electron chi connectivity index (χ1n) is 8.59. The lowest BCUT2D eigenvalue weighted by atomic mass is 10.1. The number of carbonyl (C=O) groups excluding carboxylic acids is 1. The van der Waals surface area contributed by atoms with Crippen molar-refractivity contribution in [3.63, 3.8) is 0 Å². The summed E-state index contributed by atoms with van der Waals surface area (Å²) in [6, 6.07) is 14.7. The van der Waals surface area contributed by atoms with Gasteiger partial charge in [0.25, 0.3) is 5.91 Å². The molecule has 3 aromatic rings. The molecule has 0 bridgehead atoms. The van der Waals surface area contributed by atoms with Gasteiger partial charge in [-0.05, 0) is 30.5 Å². The summed E-state index contributed by atoms with van der Waals surface area (Å²) in [5, 5.41) is 9.38. The van der Waals surface area contributed by atoms with Crippen molar-refractivity contribution in [3.05, 3.63) is 71.4 Å². The molecule has 0 aliphatic carbocycles. The van der Waals surface area contributed by atoms with Crippen molar-refractivity contribution in [2.75, 3.05) is 13.2 Å². The molecule has 3 rings (SSSR count). The van der Waals surface area contributed by atoms with Crippen molar-refractivity contribution in [2.45, 2.75) is 20.4 Å². The molecule has 0 aliphatic heterocycles. The molecule has 1 amide bonds. The number of rotatable bonds is 6. The van der Waals surface area contributed by atoms with Crippen molar-refractivity contribution < 1.29 is 14.3 Å². The molecular weight excluding hydrogens is 333 g/mol. The van der Waals surface area contributed by atoms with Crippen LogP contribution in [0.3, 0.4) is 0 Å². The van der Waals surface area contributed by atoms with Crippen LogP contribution in [0, 0.1) is 18.8 Å². The Labute approximate surface area is 151 Å². The number of aliphatic hydroxyl groups is 1. The number of aliphatic hydroxyl groups excluding tert-OH is 1. The molecule has 1 atom stereocenters. The van der Waals surface area contributed by atoms with Crippen LogP contribution >= 0.6 is 0 Å². The van der Waals surface area contributed by atoms with Gasteiger partial charge in [-0.1, -0.05) is 43.3 Å². The molecule has 0 saturated heterocycles. The highest BCUT2D eigenvalue weighted by Gasteiger charge is 2.26. The average molecular weight is 355 g/mol. The molecule has 0 aliphatic rings. The molecule has 0 fully saturated rings. The van der Waals surface area contributed by atoms with Crippen molar-refractivity contribution >= 4 is 11.6 Å². The molecule has 26 heavy (non-hydrogen) atoms. The third-order valence-corrected chi connectivity index (χ3v) is 4.33. The van der Waals surface area contributed by atoms with E-state index < -0.39 is 11.9 Å². The highest BCUT2D eigenvalue weighted by molar-refractivity contribution is 5.93. The van der Waals surface area contributed by atoms with Crippen LogP contribution in [-0.2, 0) is 6.54 Å². The van der Waals surface area contributed by atoms with Crippen LogP contribution in [0.15, 0.2) is 48.5 Å². The maximum absolute atomic E-state index is 14.9. The van der Waals surface area contributed by atoms with E-state index in [1.807, 2.05) is 37.3 Å². The molecule has 1 N–H and O–H groups in total. The molecule has 2 heterocycles. The number of hydrogen-bond donors (Lipinski definition) is 1. The molecule has 0 radical (unpaired) electrons. The summed E-state index contributed by atoms with van der Waals surface area (Å²) in [5.74, 6) is -1.25. The number of amides is 1. The van der Waals surface area contributed by atoms with Crippen LogP contribution in [0.4, 0.5) is 4.39 Å². The van der Waals surface area contributed by atoms with Gasteiger partial charge in [-0.15, -0.1) is 0 Å². The Hall–Kier alpha value is -2.73. The summed E-state index contributed by atoms with van der Waals surface area (Å²) in [5.41, 5.74) is 1.82. The molecular formula is C20H22FN3O2. The van der Waals surface area contributed by atoms with Gasteiger partial charge in [0.2, 0.25) is 5.95 Å². The van der Waals surface area contributed by atoms with E-state index in [0.717, 1.165) is 5.56 Å². The van der Waals surface area contributed by atoms with Gasteiger partial charge in [-0.25, -0.2) is 4.98 Å². The highest BCUT2D eigenvalue weighted by Crippen LogP contribution is 2.18. The first-order valence-corrected chi connectivity index (χ1v) is 8.59. The Balaban J connectivity index is 1.96. The van der Waals surface area contributed by atoms with Gasteiger partial charge in [-0.2, -0.15) is 4.39 Å². The fraction of sp³-hybridized carbons (Fsp3) is 0.300. The highest BCUT2D eigenvalue weighted by atomic mass is 19.1. The van der Waals surface area contributed by atoms with Gasteiger partial charge < -0.3 is 10.0 Å². The first kappa shape index (κ1) is 18.1. The smallest absolute Gasteiger partial charge is 0.277 e. The second-order valence-corrected chi connectivity index (χ2v) is 6.57. The molecule has 5 nitrogen and oxygen atoms in total. The van der Waals surface area contributed by atoms with Gasteiger partial charge in [-0.3, -0.25) is 9.20 Å². The third-order valence-electron chi connectivity index (χ3n) is 4.33. The van der Waals surface area contributed by atoms with E-state index in [0.29, 0.717) is 24.4 Å². The standard InChI is InChI=1S/C20H22FN3O2/c1-14(13-25)11-23(12-16-8-4-3-5-9-16)20(26)18-19(21)24-15(2)7-6-10-17(24)22-18/h3-10,14,25H,11-13H2,1-2H3/t14-/m0/s1. The van der Waals surface area contributed by atoms with Crippen molar-refractivity contribution in [2.24, 2.45) is 5.92 Å².